The Morgan fingerprint density at radius 2 is 1.84 bits per heavy atom. The number of ether oxygens (including phenoxy) is 1. The highest BCUT2D eigenvalue weighted by Gasteiger charge is 2.15. The van der Waals surface area contributed by atoms with Crippen LogP contribution in [0.15, 0.2) is 40.9 Å². The van der Waals surface area contributed by atoms with Crippen LogP contribution in [0.5, 0.6) is 11.5 Å². The van der Waals surface area contributed by atoms with Gasteiger partial charge in [-0.1, -0.05) is 0 Å². The lowest BCUT2D eigenvalue weighted by Crippen LogP contribution is -2.44. The van der Waals surface area contributed by atoms with Gasteiger partial charge < -0.3 is 15.2 Å². The van der Waals surface area contributed by atoms with Gasteiger partial charge in [0.1, 0.15) is 11.5 Å². The van der Waals surface area contributed by atoms with E-state index >= 15 is 0 Å². The fourth-order valence-corrected chi connectivity index (χ4v) is 2.61. The molecule has 0 unspecified atom stereocenters. The van der Waals surface area contributed by atoms with E-state index in [0.29, 0.717) is 10.2 Å². The highest BCUT2D eigenvalue weighted by Crippen LogP contribution is 2.29. The third kappa shape index (κ3) is 5.12. The summed E-state index contributed by atoms with van der Waals surface area (Å²) in [4.78, 5) is 23.9. The van der Waals surface area contributed by atoms with E-state index in [0.717, 1.165) is 11.3 Å². The van der Waals surface area contributed by atoms with Crippen molar-refractivity contribution in [3.05, 3.63) is 52.0 Å². The Hall–Kier alpha value is -2.74. The number of methoxy groups -OCH3 is 1. The fraction of sp³-hybridized carbons (Fsp3) is 0.176. The van der Waals surface area contributed by atoms with Crippen LogP contribution in [-0.2, 0) is 4.79 Å². The number of hydrogen-bond donors (Lipinski definition) is 4. The molecule has 132 valence electrons. The Balaban J connectivity index is 1.86. The maximum Gasteiger partial charge on any atom is 0.273 e. The zero-order valence-electron chi connectivity index (χ0n) is 13.7. The lowest BCUT2D eigenvalue weighted by Gasteiger charge is -2.11. The molecular weight excluding hydrogens is 390 g/mol. The summed E-state index contributed by atoms with van der Waals surface area (Å²) < 4.78 is 5.46. The molecule has 0 spiro atoms. The van der Waals surface area contributed by atoms with E-state index in [1.165, 1.54) is 6.07 Å². The molecule has 0 saturated carbocycles. The first-order valence-electron chi connectivity index (χ1n) is 7.37. The van der Waals surface area contributed by atoms with Crippen LogP contribution in [0.25, 0.3) is 0 Å². The Morgan fingerprint density at radius 1 is 1.16 bits per heavy atom. The number of halogens is 1. The molecule has 0 aromatic heterocycles. The second-order valence-electron chi connectivity index (χ2n) is 5.23. The summed E-state index contributed by atoms with van der Waals surface area (Å²) in [5, 5.41) is 12.8. The van der Waals surface area contributed by atoms with Crippen molar-refractivity contribution in [3.63, 3.8) is 0 Å². The van der Waals surface area contributed by atoms with E-state index in [4.69, 9.17) is 4.74 Å². The normalized spacial score (nSPS) is 10.0. The number of amides is 2. The number of hydrogen-bond acceptors (Lipinski definition) is 5. The molecule has 25 heavy (non-hydrogen) atoms. The number of benzene rings is 2. The van der Waals surface area contributed by atoms with Gasteiger partial charge >= 0.3 is 0 Å². The highest BCUT2D eigenvalue weighted by molar-refractivity contribution is 9.10. The average Bonchev–Trinajstić information content (AvgIpc) is 2.61. The van der Waals surface area contributed by atoms with Crippen molar-refractivity contribution in [1.82, 2.24) is 10.9 Å². The van der Waals surface area contributed by atoms with Crippen LogP contribution in [0.1, 0.15) is 15.9 Å². The third-order valence-electron chi connectivity index (χ3n) is 3.31. The summed E-state index contributed by atoms with van der Waals surface area (Å²) in [6, 6.07) is 10.3. The third-order valence-corrected chi connectivity index (χ3v) is 3.92. The van der Waals surface area contributed by atoms with Crippen molar-refractivity contribution < 1.29 is 19.4 Å². The molecule has 0 heterocycles. The van der Waals surface area contributed by atoms with Crippen LogP contribution in [0.3, 0.4) is 0 Å². The minimum absolute atomic E-state index is 0.0316. The molecule has 2 rings (SSSR count). The molecule has 2 amide bonds. The quantitative estimate of drug-likeness (QED) is 0.570. The number of anilines is 1. The largest absolute Gasteiger partial charge is 0.506 e. The van der Waals surface area contributed by atoms with Gasteiger partial charge in [-0.3, -0.25) is 20.4 Å². The molecule has 0 aliphatic carbocycles. The van der Waals surface area contributed by atoms with Crippen molar-refractivity contribution in [2.45, 2.75) is 6.92 Å². The first-order valence-corrected chi connectivity index (χ1v) is 8.16. The van der Waals surface area contributed by atoms with Crippen LogP contribution < -0.4 is 20.9 Å². The SMILES string of the molecule is COc1ccc(NCC(=O)NNC(=O)c2cc(C)cc(Br)c2O)cc1. The van der Waals surface area contributed by atoms with Crippen LogP contribution in [0, 0.1) is 6.92 Å². The van der Waals surface area contributed by atoms with Gasteiger partial charge in [0.05, 0.1) is 23.7 Å². The van der Waals surface area contributed by atoms with Crippen molar-refractivity contribution >= 4 is 33.4 Å². The first-order chi connectivity index (χ1) is 11.9. The van der Waals surface area contributed by atoms with Crippen LogP contribution in [0.2, 0.25) is 0 Å². The zero-order valence-corrected chi connectivity index (χ0v) is 15.3. The molecule has 8 heteroatoms. The molecule has 2 aromatic rings. The summed E-state index contributed by atoms with van der Waals surface area (Å²) in [5.74, 6) is -0.518. The number of hydrazine groups is 1. The summed E-state index contributed by atoms with van der Waals surface area (Å²) in [7, 11) is 1.57. The molecule has 0 atom stereocenters. The first kappa shape index (κ1) is 18.6. The average molecular weight is 408 g/mol. The number of aryl methyl sites for hydroxylation is 1. The number of carbonyl (C=O) groups is 2. The minimum atomic E-state index is -0.611. The molecule has 0 bridgehead atoms. The zero-order chi connectivity index (χ0) is 18.4. The van der Waals surface area contributed by atoms with Gasteiger partial charge in [0.15, 0.2) is 0 Å². The molecule has 0 aliphatic heterocycles. The maximum atomic E-state index is 12.1. The van der Waals surface area contributed by atoms with Gasteiger partial charge in [0.2, 0.25) is 0 Å². The molecule has 0 fully saturated rings. The minimum Gasteiger partial charge on any atom is -0.506 e. The number of rotatable bonds is 5. The molecule has 4 N–H and O–H groups in total. The van der Waals surface area contributed by atoms with E-state index < -0.39 is 11.8 Å². The lowest BCUT2D eigenvalue weighted by atomic mass is 10.1. The second-order valence-corrected chi connectivity index (χ2v) is 6.08. The van der Waals surface area contributed by atoms with Gasteiger partial charge in [0, 0.05) is 5.69 Å². The van der Waals surface area contributed by atoms with E-state index in [9.17, 15) is 14.7 Å². The smallest absolute Gasteiger partial charge is 0.273 e. The predicted molar refractivity (Wildman–Crippen MR) is 97.6 cm³/mol. The monoisotopic (exact) mass is 407 g/mol. The standard InChI is InChI=1S/C17H18BrN3O4/c1-10-7-13(16(23)14(18)8-10)17(24)21-20-15(22)9-19-11-3-5-12(25-2)6-4-11/h3-8,19,23H,9H2,1-2H3,(H,20,22)(H,21,24). The molecule has 7 nitrogen and oxygen atoms in total. The van der Waals surface area contributed by atoms with Crippen LogP contribution in [0.4, 0.5) is 5.69 Å². The van der Waals surface area contributed by atoms with Crippen LogP contribution in [-0.4, -0.2) is 30.6 Å². The summed E-state index contributed by atoms with van der Waals surface area (Å²) >= 11 is 3.17. The maximum absolute atomic E-state index is 12.1. The van der Waals surface area contributed by atoms with E-state index in [-0.39, 0.29) is 17.9 Å². The Morgan fingerprint density at radius 3 is 2.48 bits per heavy atom. The summed E-state index contributed by atoms with van der Waals surface area (Å²) in [6.07, 6.45) is 0. The Labute approximate surface area is 153 Å². The number of aromatic hydroxyl groups is 1. The Bertz CT molecular complexity index is 778. The number of phenols is 1. The highest BCUT2D eigenvalue weighted by atomic mass is 79.9. The van der Waals surface area contributed by atoms with Crippen molar-refractivity contribution in [2.24, 2.45) is 0 Å². The second kappa shape index (κ2) is 8.39. The van der Waals surface area contributed by atoms with Gasteiger partial charge in [-0.15, -0.1) is 0 Å². The lowest BCUT2D eigenvalue weighted by molar-refractivity contribution is -0.120. The van der Waals surface area contributed by atoms with Gasteiger partial charge in [-0.25, -0.2) is 0 Å². The molecule has 0 saturated heterocycles. The van der Waals surface area contributed by atoms with Gasteiger partial charge in [-0.05, 0) is 64.8 Å². The fourth-order valence-electron chi connectivity index (χ4n) is 2.04. The van der Waals surface area contributed by atoms with E-state index in [1.807, 2.05) is 0 Å². The Kier molecular flexibility index (Phi) is 6.24. The topological polar surface area (TPSA) is 99.7 Å². The van der Waals surface area contributed by atoms with Crippen molar-refractivity contribution in [2.75, 3.05) is 19.0 Å². The molecule has 0 aliphatic rings. The van der Waals surface area contributed by atoms with Crippen molar-refractivity contribution in [1.29, 1.82) is 0 Å². The van der Waals surface area contributed by atoms with Crippen molar-refractivity contribution in [3.8, 4) is 11.5 Å². The molecule has 2 aromatic carbocycles. The summed E-state index contributed by atoms with van der Waals surface area (Å²) in [5.41, 5.74) is 6.15. The number of carbonyl (C=O) groups excluding carboxylic acids is 2. The summed E-state index contributed by atoms with van der Waals surface area (Å²) in [6.45, 7) is 1.76. The number of phenolic OH excluding ortho intramolecular Hbond substituents is 1. The van der Waals surface area contributed by atoms with E-state index in [2.05, 4.69) is 32.1 Å². The van der Waals surface area contributed by atoms with Crippen LogP contribution >= 0.6 is 15.9 Å². The van der Waals surface area contributed by atoms with Gasteiger partial charge in [-0.2, -0.15) is 0 Å². The van der Waals surface area contributed by atoms with E-state index in [1.54, 1.807) is 44.4 Å². The molecule has 0 radical (unpaired) electrons. The molecular formula is C17H18BrN3O4. The van der Waals surface area contributed by atoms with Gasteiger partial charge in [0.25, 0.3) is 11.8 Å². The number of nitrogens with one attached hydrogen (secondary N) is 3. The predicted octanol–water partition coefficient (Wildman–Crippen LogP) is 2.34.